The number of ether oxygens (including phenoxy) is 2. The van der Waals surface area contributed by atoms with Gasteiger partial charge in [0.2, 0.25) is 0 Å². The molecule has 1 aliphatic heterocycles. The highest BCUT2D eigenvalue weighted by Crippen LogP contribution is 2.66. The lowest BCUT2D eigenvalue weighted by atomic mass is 9.59. The van der Waals surface area contributed by atoms with E-state index in [1.54, 1.807) is 0 Å². The maximum atomic E-state index is 11.6. The average Bonchev–Trinajstić information content (AvgIpc) is 2.69. The first-order valence-electron chi connectivity index (χ1n) is 5.74. The maximum absolute atomic E-state index is 11.6. The number of allylic oxidation sites excluding steroid dienone is 1. The van der Waals surface area contributed by atoms with Gasteiger partial charge in [0.1, 0.15) is 12.2 Å². The Labute approximate surface area is 92.6 Å². The fourth-order valence-electron chi connectivity index (χ4n) is 4.19. The van der Waals surface area contributed by atoms with Gasteiger partial charge in [-0.3, -0.25) is 9.59 Å². The lowest BCUT2D eigenvalue weighted by molar-refractivity contribution is -0.163. The van der Waals surface area contributed by atoms with Crippen molar-refractivity contribution in [1.82, 2.24) is 0 Å². The Hall–Kier alpha value is -1.32. The van der Waals surface area contributed by atoms with Crippen molar-refractivity contribution in [3.05, 3.63) is 12.2 Å². The van der Waals surface area contributed by atoms with Gasteiger partial charge < -0.3 is 9.47 Å². The van der Waals surface area contributed by atoms with Crippen LogP contribution in [0.2, 0.25) is 0 Å². The van der Waals surface area contributed by atoms with Crippen LogP contribution >= 0.6 is 0 Å². The van der Waals surface area contributed by atoms with Crippen LogP contribution < -0.4 is 0 Å². The Morgan fingerprint density at radius 3 is 2.81 bits per heavy atom. The van der Waals surface area contributed by atoms with E-state index in [4.69, 9.17) is 9.47 Å². The Morgan fingerprint density at radius 1 is 1.31 bits per heavy atom. The standard InChI is InChI=1S/C12H12O4/c1-4(13)15-10-6-3-2-5-7(6)9-8(5)12(14)16-11(9)10/h2-3,5-11H,1H3/t5-,6-,7-,8-,9-,10-,11-/m1/s1. The molecule has 4 heteroatoms. The summed E-state index contributed by atoms with van der Waals surface area (Å²) in [5.41, 5.74) is 0. The molecule has 7 atom stereocenters. The molecule has 4 rings (SSSR count). The van der Waals surface area contributed by atoms with E-state index < -0.39 is 0 Å². The monoisotopic (exact) mass is 220 g/mol. The predicted octanol–water partition coefficient (Wildman–Crippen LogP) is 0.521. The number of carbonyl (C=O) groups excluding carboxylic acids is 2. The lowest BCUT2D eigenvalue weighted by Crippen LogP contribution is -2.44. The van der Waals surface area contributed by atoms with Crippen LogP contribution in [0.3, 0.4) is 0 Å². The molecule has 0 N–H and O–H groups in total. The summed E-state index contributed by atoms with van der Waals surface area (Å²) in [5.74, 6) is 1.03. The summed E-state index contributed by atoms with van der Waals surface area (Å²) in [6.45, 7) is 1.41. The molecule has 3 aliphatic carbocycles. The molecule has 0 aromatic rings. The molecule has 0 bridgehead atoms. The fourth-order valence-corrected chi connectivity index (χ4v) is 4.19. The highest BCUT2D eigenvalue weighted by atomic mass is 16.6. The van der Waals surface area contributed by atoms with E-state index >= 15 is 0 Å². The van der Waals surface area contributed by atoms with Crippen molar-refractivity contribution in [1.29, 1.82) is 0 Å². The molecular formula is C12H12O4. The summed E-state index contributed by atoms with van der Waals surface area (Å²) in [7, 11) is 0. The zero-order valence-electron chi connectivity index (χ0n) is 8.83. The normalized spacial score (nSPS) is 54.6. The average molecular weight is 220 g/mol. The Morgan fingerprint density at radius 2 is 2.06 bits per heavy atom. The highest BCUT2D eigenvalue weighted by Gasteiger charge is 2.73. The SMILES string of the molecule is CC(=O)O[C@@H]1[C@@H]2C=C[C@H]3[C@H]4C(=O)O[C@@H]1[C@@H]4[C@@H]23. The van der Waals surface area contributed by atoms with Crippen LogP contribution in [-0.4, -0.2) is 24.1 Å². The summed E-state index contributed by atoms with van der Waals surface area (Å²) >= 11 is 0. The van der Waals surface area contributed by atoms with Crippen LogP contribution in [0.1, 0.15) is 6.92 Å². The number of fused-ring (bicyclic) bond motifs is 1. The van der Waals surface area contributed by atoms with Crippen LogP contribution in [0.4, 0.5) is 0 Å². The number of hydrogen-bond donors (Lipinski definition) is 0. The summed E-state index contributed by atoms with van der Waals surface area (Å²) in [5, 5.41) is 0. The quantitative estimate of drug-likeness (QED) is 0.477. The lowest BCUT2D eigenvalue weighted by Gasteiger charge is -2.40. The van der Waals surface area contributed by atoms with Crippen LogP contribution in [0.5, 0.6) is 0 Å². The van der Waals surface area contributed by atoms with E-state index in [1.807, 2.05) is 0 Å². The van der Waals surface area contributed by atoms with Crippen LogP contribution in [0.25, 0.3) is 0 Å². The van der Waals surface area contributed by atoms with Gasteiger partial charge in [0, 0.05) is 18.8 Å². The molecule has 1 heterocycles. The zero-order valence-corrected chi connectivity index (χ0v) is 8.83. The molecule has 0 unspecified atom stereocenters. The molecule has 3 fully saturated rings. The summed E-state index contributed by atoms with van der Waals surface area (Å²) in [6.07, 6.45) is 3.79. The van der Waals surface area contributed by atoms with Gasteiger partial charge in [-0.2, -0.15) is 0 Å². The van der Waals surface area contributed by atoms with E-state index in [1.165, 1.54) is 6.92 Å². The van der Waals surface area contributed by atoms with Gasteiger partial charge in [0.25, 0.3) is 0 Å². The summed E-state index contributed by atoms with van der Waals surface area (Å²) in [4.78, 5) is 22.7. The van der Waals surface area contributed by atoms with E-state index in [0.29, 0.717) is 17.8 Å². The first-order valence-corrected chi connectivity index (χ1v) is 5.74. The fraction of sp³-hybridized carbons (Fsp3) is 0.667. The van der Waals surface area contributed by atoms with Gasteiger partial charge in [-0.25, -0.2) is 0 Å². The first kappa shape index (κ1) is 8.79. The number of carbonyl (C=O) groups is 2. The molecule has 4 aliphatic rings. The predicted molar refractivity (Wildman–Crippen MR) is 52.0 cm³/mol. The second-order valence-corrected chi connectivity index (χ2v) is 5.20. The van der Waals surface area contributed by atoms with Gasteiger partial charge >= 0.3 is 11.9 Å². The minimum Gasteiger partial charge on any atom is -0.458 e. The van der Waals surface area contributed by atoms with Crippen molar-refractivity contribution in [3.8, 4) is 0 Å². The molecule has 1 saturated heterocycles. The molecule has 0 radical (unpaired) electrons. The minimum atomic E-state index is -0.289. The Kier molecular flexibility index (Phi) is 1.37. The van der Waals surface area contributed by atoms with E-state index in [0.717, 1.165) is 0 Å². The van der Waals surface area contributed by atoms with Gasteiger partial charge in [-0.15, -0.1) is 0 Å². The molecule has 16 heavy (non-hydrogen) atoms. The van der Waals surface area contributed by atoms with Crippen molar-refractivity contribution in [2.75, 3.05) is 0 Å². The van der Waals surface area contributed by atoms with Crippen molar-refractivity contribution >= 4 is 11.9 Å². The molecular weight excluding hydrogens is 208 g/mol. The third kappa shape index (κ3) is 0.761. The molecule has 0 aromatic carbocycles. The van der Waals surface area contributed by atoms with Crippen LogP contribution in [0, 0.1) is 29.6 Å². The summed E-state index contributed by atoms with van der Waals surface area (Å²) < 4.78 is 10.7. The topological polar surface area (TPSA) is 52.6 Å². The van der Waals surface area contributed by atoms with Crippen molar-refractivity contribution in [3.63, 3.8) is 0 Å². The molecule has 0 aromatic heterocycles. The number of esters is 2. The van der Waals surface area contributed by atoms with Crippen molar-refractivity contribution in [2.24, 2.45) is 29.6 Å². The Balaban J connectivity index is 1.73. The van der Waals surface area contributed by atoms with Crippen LogP contribution in [-0.2, 0) is 19.1 Å². The second kappa shape index (κ2) is 2.50. The third-order valence-electron chi connectivity index (χ3n) is 4.63. The second-order valence-electron chi connectivity index (χ2n) is 5.20. The van der Waals surface area contributed by atoms with Gasteiger partial charge in [0.15, 0.2) is 0 Å². The third-order valence-corrected chi connectivity index (χ3v) is 4.63. The van der Waals surface area contributed by atoms with E-state index in [2.05, 4.69) is 12.2 Å². The van der Waals surface area contributed by atoms with Gasteiger partial charge in [-0.1, -0.05) is 12.2 Å². The van der Waals surface area contributed by atoms with Gasteiger partial charge in [-0.05, 0) is 11.8 Å². The van der Waals surface area contributed by atoms with E-state index in [9.17, 15) is 9.59 Å². The smallest absolute Gasteiger partial charge is 0.310 e. The largest absolute Gasteiger partial charge is 0.458 e. The molecule has 0 spiro atoms. The van der Waals surface area contributed by atoms with Crippen molar-refractivity contribution in [2.45, 2.75) is 19.1 Å². The maximum Gasteiger partial charge on any atom is 0.310 e. The summed E-state index contributed by atoms with van der Waals surface area (Å²) in [6, 6.07) is 0. The molecule has 0 amide bonds. The van der Waals surface area contributed by atoms with Gasteiger partial charge in [0.05, 0.1) is 5.92 Å². The highest BCUT2D eigenvalue weighted by molar-refractivity contribution is 5.79. The zero-order chi connectivity index (χ0) is 11.0. The molecule has 84 valence electrons. The molecule has 2 saturated carbocycles. The number of rotatable bonds is 1. The Bertz CT molecular complexity index is 427. The molecule has 4 nitrogen and oxygen atoms in total. The van der Waals surface area contributed by atoms with E-state index in [-0.39, 0.29) is 36.0 Å². The van der Waals surface area contributed by atoms with Crippen molar-refractivity contribution < 1.29 is 19.1 Å². The number of hydrogen-bond acceptors (Lipinski definition) is 4. The first-order chi connectivity index (χ1) is 7.68. The minimum absolute atomic E-state index is 0.0387. The van der Waals surface area contributed by atoms with Crippen LogP contribution in [0.15, 0.2) is 12.2 Å².